The van der Waals surface area contributed by atoms with Gasteiger partial charge >= 0.3 is 0 Å². The number of hydrazine groups is 1. The molecule has 0 atom stereocenters. The maximum Gasteiger partial charge on any atom is 0.183 e. The summed E-state index contributed by atoms with van der Waals surface area (Å²) in [6.45, 7) is 0.445. The number of nitrogens with one attached hydrogen (secondary N) is 1. The highest BCUT2D eigenvalue weighted by molar-refractivity contribution is 5.42. The monoisotopic (exact) mass is 183 g/mol. The largest absolute Gasteiger partial charge is 0.493 e. The lowest BCUT2D eigenvalue weighted by molar-refractivity contribution is 0.348. The van der Waals surface area contributed by atoms with Gasteiger partial charge in [0.25, 0.3) is 0 Å². The second kappa shape index (κ2) is 4.64. The second-order valence-corrected chi connectivity index (χ2v) is 2.37. The van der Waals surface area contributed by atoms with Crippen LogP contribution in [0.25, 0.3) is 0 Å². The van der Waals surface area contributed by atoms with Crippen molar-refractivity contribution >= 4 is 0 Å². The third-order valence-electron chi connectivity index (χ3n) is 1.64. The van der Waals surface area contributed by atoms with Crippen LogP contribution in [0.15, 0.2) is 12.3 Å². The van der Waals surface area contributed by atoms with E-state index in [0.29, 0.717) is 18.0 Å². The molecule has 5 nitrogen and oxygen atoms in total. The van der Waals surface area contributed by atoms with Crippen molar-refractivity contribution in [1.82, 2.24) is 10.4 Å². The van der Waals surface area contributed by atoms with E-state index in [1.807, 2.05) is 0 Å². The number of nitrogens with zero attached hydrogens (tertiary/aromatic N) is 1. The van der Waals surface area contributed by atoms with Gasteiger partial charge in [0, 0.05) is 12.3 Å². The number of ether oxygens (including phenoxy) is 2. The summed E-state index contributed by atoms with van der Waals surface area (Å²) < 4.78 is 10.2. The summed E-state index contributed by atoms with van der Waals surface area (Å²) in [5.74, 6) is 6.46. The van der Waals surface area contributed by atoms with Crippen molar-refractivity contribution < 1.29 is 9.47 Å². The molecule has 0 aliphatic rings. The number of methoxy groups -OCH3 is 2. The molecule has 0 aromatic carbocycles. The average Bonchev–Trinajstić information content (AvgIpc) is 2.18. The molecule has 1 aromatic heterocycles. The van der Waals surface area contributed by atoms with E-state index in [1.54, 1.807) is 26.5 Å². The first kappa shape index (κ1) is 9.76. The smallest absolute Gasteiger partial charge is 0.183 e. The number of rotatable bonds is 4. The molecule has 0 aliphatic heterocycles. The van der Waals surface area contributed by atoms with Crippen LogP contribution in [0.1, 0.15) is 5.69 Å². The summed E-state index contributed by atoms with van der Waals surface area (Å²) in [7, 11) is 3.15. The van der Waals surface area contributed by atoms with Crippen LogP contribution >= 0.6 is 0 Å². The Morgan fingerprint density at radius 1 is 1.46 bits per heavy atom. The average molecular weight is 183 g/mol. The van der Waals surface area contributed by atoms with Crippen LogP contribution in [-0.4, -0.2) is 19.2 Å². The van der Waals surface area contributed by atoms with E-state index in [1.165, 1.54) is 0 Å². The zero-order valence-corrected chi connectivity index (χ0v) is 7.70. The number of nitrogens with two attached hydrogens (primary N) is 1. The van der Waals surface area contributed by atoms with Crippen molar-refractivity contribution in [1.29, 1.82) is 0 Å². The highest BCUT2D eigenvalue weighted by Crippen LogP contribution is 2.28. The van der Waals surface area contributed by atoms with Crippen LogP contribution in [0.4, 0.5) is 0 Å². The summed E-state index contributed by atoms with van der Waals surface area (Å²) in [5.41, 5.74) is 3.24. The zero-order chi connectivity index (χ0) is 9.68. The molecule has 0 spiro atoms. The summed E-state index contributed by atoms with van der Waals surface area (Å²) in [5, 5.41) is 0. The fraction of sp³-hybridized carbons (Fsp3) is 0.375. The van der Waals surface area contributed by atoms with E-state index in [2.05, 4.69) is 10.4 Å². The summed E-state index contributed by atoms with van der Waals surface area (Å²) >= 11 is 0. The van der Waals surface area contributed by atoms with E-state index in [4.69, 9.17) is 15.3 Å². The Bertz CT molecular complexity index is 278. The van der Waals surface area contributed by atoms with Gasteiger partial charge in [0.05, 0.1) is 20.8 Å². The van der Waals surface area contributed by atoms with Gasteiger partial charge in [0.15, 0.2) is 11.5 Å². The van der Waals surface area contributed by atoms with Crippen LogP contribution < -0.4 is 20.7 Å². The van der Waals surface area contributed by atoms with Crippen molar-refractivity contribution in [3.05, 3.63) is 18.0 Å². The lowest BCUT2D eigenvalue weighted by Crippen LogP contribution is -2.22. The molecule has 72 valence electrons. The van der Waals surface area contributed by atoms with Crippen molar-refractivity contribution in [2.45, 2.75) is 6.54 Å². The molecule has 0 unspecified atom stereocenters. The second-order valence-electron chi connectivity index (χ2n) is 2.37. The predicted molar refractivity (Wildman–Crippen MR) is 48.4 cm³/mol. The predicted octanol–water partition coefficient (Wildman–Crippen LogP) is 0.0621. The molecule has 5 heteroatoms. The van der Waals surface area contributed by atoms with E-state index in [-0.39, 0.29) is 0 Å². The van der Waals surface area contributed by atoms with Crippen molar-refractivity contribution in [3.63, 3.8) is 0 Å². The minimum atomic E-state index is 0.445. The van der Waals surface area contributed by atoms with Crippen LogP contribution in [0, 0.1) is 0 Å². The van der Waals surface area contributed by atoms with Gasteiger partial charge in [0.1, 0.15) is 5.69 Å². The molecule has 0 saturated heterocycles. The van der Waals surface area contributed by atoms with Gasteiger partial charge in [-0.2, -0.15) is 0 Å². The van der Waals surface area contributed by atoms with Gasteiger partial charge in [-0.05, 0) is 0 Å². The number of pyridine rings is 1. The molecular weight excluding hydrogens is 170 g/mol. The third-order valence-corrected chi connectivity index (χ3v) is 1.64. The topological polar surface area (TPSA) is 69.4 Å². The SMILES string of the molecule is COc1ccnc(CNN)c1OC. The van der Waals surface area contributed by atoms with E-state index in [9.17, 15) is 0 Å². The van der Waals surface area contributed by atoms with E-state index < -0.39 is 0 Å². The van der Waals surface area contributed by atoms with Gasteiger partial charge in [-0.3, -0.25) is 16.3 Å². The van der Waals surface area contributed by atoms with Crippen molar-refractivity contribution in [2.75, 3.05) is 14.2 Å². The standard InChI is InChI=1S/C8H13N3O2/c1-12-7-3-4-10-6(5-11-9)8(7)13-2/h3-4,11H,5,9H2,1-2H3. The van der Waals surface area contributed by atoms with Gasteiger partial charge in [-0.25, -0.2) is 0 Å². The van der Waals surface area contributed by atoms with Crippen LogP contribution in [-0.2, 0) is 6.54 Å². The fourth-order valence-electron chi connectivity index (χ4n) is 1.07. The Morgan fingerprint density at radius 2 is 2.23 bits per heavy atom. The number of hydrogen-bond donors (Lipinski definition) is 2. The Kier molecular flexibility index (Phi) is 3.48. The van der Waals surface area contributed by atoms with Crippen LogP contribution in [0.5, 0.6) is 11.5 Å². The molecule has 0 saturated carbocycles. The van der Waals surface area contributed by atoms with Crippen LogP contribution in [0.2, 0.25) is 0 Å². The van der Waals surface area contributed by atoms with Gasteiger partial charge in [-0.1, -0.05) is 0 Å². The Balaban J connectivity index is 3.03. The Labute approximate surface area is 76.8 Å². The zero-order valence-electron chi connectivity index (χ0n) is 7.70. The van der Waals surface area contributed by atoms with Gasteiger partial charge in [0.2, 0.25) is 0 Å². The maximum atomic E-state index is 5.19. The highest BCUT2D eigenvalue weighted by Gasteiger charge is 2.09. The van der Waals surface area contributed by atoms with Crippen molar-refractivity contribution in [3.8, 4) is 11.5 Å². The molecule has 0 amide bonds. The maximum absolute atomic E-state index is 5.19. The number of aromatic nitrogens is 1. The molecule has 1 aromatic rings. The third kappa shape index (κ3) is 2.07. The molecule has 0 aliphatic carbocycles. The lowest BCUT2D eigenvalue weighted by atomic mass is 10.3. The fourth-order valence-corrected chi connectivity index (χ4v) is 1.07. The van der Waals surface area contributed by atoms with Crippen LogP contribution in [0.3, 0.4) is 0 Å². The normalized spacial score (nSPS) is 9.77. The molecule has 1 heterocycles. The quantitative estimate of drug-likeness (QED) is 0.510. The minimum Gasteiger partial charge on any atom is -0.493 e. The first-order valence-electron chi connectivity index (χ1n) is 3.82. The van der Waals surface area contributed by atoms with E-state index >= 15 is 0 Å². The minimum absolute atomic E-state index is 0.445. The first-order chi connectivity index (χ1) is 6.33. The highest BCUT2D eigenvalue weighted by atomic mass is 16.5. The molecule has 1 rings (SSSR count). The molecule has 0 fully saturated rings. The van der Waals surface area contributed by atoms with Gasteiger partial charge < -0.3 is 9.47 Å². The lowest BCUT2D eigenvalue weighted by Gasteiger charge is -2.10. The molecule has 0 radical (unpaired) electrons. The Hall–Kier alpha value is -1.33. The first-order valence-corrected chi connectivity index (χ1v) is 3.82. The number of hydrogen-bond acceptors (Lipinski definition) is 5. The molecular formula is C8H13N3O2. The Morgan fingerprint density at radius 3 is 2.77 bits per heavy atom. The van der Waals surface area contributed by atoms with Crippen molar-refractivity contribution in [2.24, 2.45) is 5.84 Å². The summed E-state index contributed by atoms with van der Waals surface area (Å²) in [6, 6.07) is 1.73. The van der Waals surface area contributed by atoms with Gasteiger partial charge in [-0.15, -0.1) is 0 Å². The molecule has 13 heavy (non-hydrogen) atoms. The molecule has 3 N–H and O–H groups in total. The summed E-state index contributed by atoms with van der Waals surface area (Å²) in [4.78, 5) is 4.10. The molecule has 0 bridgehead atoms. The summed E-state index contributed by atoms with van der Waals surface area (Å²) in [6.07, 6.45) is 1.65. The van der Waals surface area contributed by atoms with E-state index in [0.717, 1.165) is 5.69 Å².